The van der Waals surface area contributed by atoms with E-state index >= 15 is 0 Å². The molecule has 0 aliphatic rings. The van der Waals surface area contributed by atoms with Crippen molar-refractivity contribution in [2.45, 2.75) is 23.9 Å². The zero-order chi connectivity index (χ0) is 19.1. The fourth-order valence-corrected chi connectivity index (χ4v) is 3.94. The molecule has 0 atom stereocenters. The summed E-state index contributed by atoms with van der Waals surface area (Å²) in [5.41, 5.74) is 2.87. The molecule has 2 aromatic carbocycles. The molecule has 0 saturated heterocycles. The third kappa shape index (κ3) is 2.93. The molecule has 0 radical (unpaired) electrons. The summed E-state index contributed by atoms with van der Waals surface area (Å²) in [5.74, 6) is -0.218. The van der Waals surface area contributed by atoms with Gasteiger partial charge in [0.15, 0.2) is 11.4 Å². The Morgan fingerprint density at radius 3 is 2.67 bits per heavy atom. The third-order valence-corrected chi connectivity index (χ3v) is 5.35. The SMILES string of the molecule is CC(=O)c1ccc(Sc2nnc3cc(C)c4ccccc4n23)c([N+](=O)[O-])c1. The third-order valence-electron chi connectivity index (χ3n) is 4.34. The van der Waals surface area contributed by atoms with E-state index in [1.807, 2.05) is 41.7 Å². The van der Waals surface area contributed by atoms with E-state index in [-0.39, 0.29) is 11.5 Å². The largest absolute Gasteiger partial charge is 0.295 e. The normalized spacial score (nSPS) is 11.2. The zero-order valence-electron chi connectivity index (χ0n) is 14.5. The average Bonchev–Trinajstić information content (AvgIpc) is 3.04. The molecule has 8 heteroatoms. The molecule has 7 nitrogen and oxygen atoms in total. The lowest BCUT2D eigenvalue weighted by atomic mass is 10.1. The molecule has 4 rings (SSSR count). The van der Waals surface area contributed by atoms with E-state index < -0.39 is 4.92 Å². The second-order valence-electron chi connectivity index (χ2n) is 6.12. The maximum atomic E-state index is 11.5. The molecule has 2 heterocycles. The van der Waals surface area contributed by atoms with E-state index in [1.54, 1.807) is 12.1 Å². The van der Waals surface area contributed by atoms with Gasteiger partial charge in [-0.3, -0.25) is 19.3 Å². The van der Waals surface area contributed by atoms with Gasteiger partial charge in [-0.2, -0.15) is 0 Å². The van der Waals surface area contributed by atoms with Gasteiger partial charge < -0.3 is 0 Å². The van der Waals surface area contributed by atoms with E-state index in [9.17, 15) is 14.9 Å². The Kier molecular flexibility index (Phi) is 4.12. The van der Waals surface area contributed by atoms with Crippen molar-refractivity contribution in [1.29, 1.82) is 0 Å². The number of fused-ring (bicyclic) bond motifs is 3. The molecular weight excluding hydrogens is 364 g/mol. The molecule has 2 aromatic heterocycles. The van der Waals surface area contributed by atoms with E-state index in [4.69, 9.17) is 0 Å². The van der Waals surface area contributed by atoms with Crippen LogP contribution in [0.25, 0.3) is 16.6 Å². The Morgan fingerprint density at radius 2 is 1.93 bits per heavy atom. The van der Waals surface area contributed by atoms with E-state index in [0.29, 0.717) is 21.3 Å². The van der Waals surface area contributed by atoms with Crippen molar-refractivity contribution in [3.63, 3.8) is 0 Å². The van der Waals surface area contributed by atoms with Crippen LogP contribution in [-0.4, -0.2) is 25.3 Å². The maximum Gasteiger partial charge on any atom is 0.284 e. The lowest BCUT2D eigenvalue weighted by molar-refractivity contribution is -0.387. The molecular formula is C19H14N4O3S. The molecule has 4 aromatic rings. The standard InChI is InChI=1S/C19H14N4O3S/c1-11-9-18-20-21-19(22(18)15-6-4-3-5-14(11)15)27-17-8-7-13(12(2)24)10-16(17)23(25)26/h3-10H,1-2H3. The first-order valence-corrected chi connectivity index (χ1v) is 8.98. The van der Waals surface area contributed by atoms with Gasteiger partial charge in [0.2, 0.25) is 5.16 Å². The number of carbonyl (C=O) groups excluding carboxylic acids is 1. The molecule has 0 aliphatic heterocycles. The number of nitro benzene ring substituents is 1. The summed E-state index contributed by atoms with van der Waals surface area (Å²) < 4.78 is 1.88. The van der Waals surface area contributed by atoms with Gasteiger partial charge in [-0.05, 0) is 55.4 Å². The number of rotatable bonds is 4. The van der Waals surface area contributed by atoms with Gasteiger partial charge in [0.25, 0.3) is 5.69 Å². The van der Waals surface area contributed by atoms with Gasteiger partial charge in [0, 0.05) is 17.0 Å². The summed E-state index contributed by atoms with van der Waals surface area (Å²) in [5, 5.41) is 21.5. The van der Waals surface area contributed by atoms with Crippen LogP contribution in [0.4, 0.5) is 5.69 Å². The first kappa shape index (κ1) is 17.2. The number of benzene rings is 2. The fraction of sp³-hybridized carbons (Fsp3) is 0.105. The summed E-state index contributed by atoms with van der Waals surface area (Å²) in [4.78, 5) is 23.0. The number of hydrogen-bond donors (Lipinski definition) is 0. The van der Waals surface area contributed by atoms with Gasteiger partial charge in [-0.15, -0.1) is 10.2 Å². The number of aromatic nitrogens is 3. The van der Waals surface area contributed by atoms with Gasteiger partial charge in [0.05, 0.1) is 15.3 Å². The van der Waals surface area contributed by atoms with Crippen molar-refractivity contribution >= 4 is 39.8 Å². The molecule has 0 bridgehead atoms. The summed E-state index contributed by atoms with van der Waals surface area (Å²) in [6.07, 6.45) is 0. The summed E-state index contributed by atoms with van der Waals surface area (Å²) >= 11 is 1.16. The Hall–Kier alpha value is -3.26. The van der Waals surface area contributed by atoms with Gasteiger partial charge >= 0.3 is 0 Å². The quantitative estimate of drug-likeness (QED) is 0.296. The highest BCUT2D eigenvalue weighted by molar-refractivity contribution is 7.99. The number of nitrogens with zero attached hydrogens (tertiary/aromatic N) is 4. The highest BCUT2D eigenvalue weighted by Gasteiger charge is 2.20. The topological polar surface area (TPSA) is 90.4 Å². The molecule has 134 valence electrons. The monoisotopic (exact) mass is 378 g/mol. The van der Waals surface area contributed by atoms with Crippen LogP contribution in [0.5, 0.6) is 0 Å². The average molecular weight is 378 g/mol. The summed E-state index contributed by atoms with van der Waals surface area (Å²) in [7, 11) is 0. The maximum absolute atomic E-state index is 11.5. The predicted molar refractivity (Wildman–Crippen MR) is 102 cm³/mol. The van der Waals surface area contributed by atoms with Crippen molar-refractivity contribution in [2.75, 3.05) is 0 Å². The van der Waals surface area contributed by atoms with Crippen molar-refractivity contribution < 1.29 is 9.72 Å². The Morgan fingerprint density at radius 1 is 1.15 bits per heavy atom. The Balaban J connectivity index is 1.89. The highest BCUT2D eigenvalue weighted by Crippen LogP contribution is 2.36. The van der Waals surface area contributed by atoms with Crippen molar-refractivity contribution in [3.05, 3.63) is 69.8 Å². The van der Waals surface area contributed by atoms with Crippen LogP contribution in [-0.2, 0) is 0 Å². The van der Waals surface area contributed by atoms with Gasteiger partial charge in [0.1, 0.15) is 0 Å². The van der Waals surface area contributed by atoms with Gasteiger partial charge in [-0.25, -0.2) is 0 Å². The van der Waals surface area contributed by atoms with Crippen LogP contribution in [0.3, 0.4) is 0 Å². The van der Waals surface area contributed by atoms with Crippen molar-refractivity contribution in [1.82, 2.24) is 14.6 Å². The second-order valence-corrected chi connectivity index (χ2v) is 7.13. The summed E-state index contributed by atoms with van der Waals surface area (Å²) in [6.45, 7) is 3.39. The van der Waals surface area contributed by atoms with Crippen molar-refractivity contribution in [3.8, 4) is 0 Å². The lowest BCUT2D eigenvalue weighted by Crippen LogP contribution is -1.98. The molecule has 27 heavy (non-hydrogen) atoms. The first-order chi connectivity index (χ1) is 13.0. The zero-order valence-corrected chi connectivity index (χ0v) is 15.4. The molecule has 0 saturated carbocycles. The molecule has 0 N–H and O–H groups in total. The number of para-hydroxylation sites is 1. The number of ketones is 1. The van der Waals surface area contributed by atoms with Crippen LogP contribution < -0.4 is 0 Å². The van der Waals surface area contributed by atoms with Crippen LogP contribution in [0.15, 0.2) is 58.6 Å². The number of hydrogen-bond acceptors (Lipinski definition) is 6. The van der Waals surface area contributed by atoms with E-state index in [0.717, 1.165) is 28.2 Å². The van der Waals surface area contributed by atoms with Gasteiger partial charge in [-0.1, -0.05) is 18.2 Å². The summed E-state index contributed by atoms with van der Waals surface area (Å²) in [6, 6.07) is 14.3. The number of Topliss-reactive ketones (excluding diaryl/α,β-unsaturated/α-hetero) is 1. The number of carbonyl (C=O) groups is 1. The fourth-order valence-electron chi connectivity index (χ4n) is 3.00. The van der Waals surface area contributed by atoms with Crippen LogP contribution >= 0.6 is 11.8 Å². The van der Waals surface area contributed by atoms with Crippen LogP contribution in [0.2, 0.25) is 0 Å². The smallest absolute Gasteiger partial charge is 0.284 e. The second kappa shape index (κ2) is 6.48. The number of pyridine rings is 1. The molecule has 0 amide bonds. The Labute approximate surface area is 158 Å². The van der Waals surface area contributed by atoms with Crippen LogP contribution in [0, 0.1) is 17.0 Å². The number of aryl methyl sites for hydroxylation is 1. The molecule has 0 unspecified atom stereocenters. The minimum atomic E-state index is -0.486. The molecule has 0 fully saturated rings. The molecule has 0 aliphatic carbocycles. The minimum absolute atomic E-state index is 0.124. The Bertz CT molecular complexity index is 1230. The van der Waals surface area contributed by atoms with E-state index in [1.165, 1.54) is 13.0 Å². The number of nitro groups is 1. The molecule has 0 spiro atoms. The van der Waals surface area contributed by atoms with Crippen molar-refractivity contribution in [2.24, 2.45) is 0 Å². The minimum Gasteiger partial charge on any atom is -0.295 e. The first-order valence-electron chi connectivity index (χ1n) is 8.16. The highest BCUT2D eigenvalue weighted by atomic mass is 32.2. The predicted octanol–water partition coefficient (Wildman–Crippen LogP) is 4.45. The lowest BCUT2D eigenvalue weighted by Gasteiger charge is -2.07. The van der Waals surface area contributed by atoms with Crippen LogP contribution in [0.1, 0.15) is 22.8 Å². The van der Waals surface area contributed by atoms with E-state index in [2.05, 4.69) is 10.2 Å².